The number of rotatable bonds is 18. The van der Waals surface area contributed by atoms with Crippen molar-refractivity contribution in [3.8, 4) is 5.75 Å². The molecule has 1 rings (SSSR count). The van der Waals surface area contributed by atoms with Crippen LogP contribution in [-0.4, -0.2) is 108 Å². The van der Waals surface area contributed by atoms with Crippen LogP contribution in [0.5, 0.6) is 5.75 Å². The van der Waals surface area contributed by atoms with E-state index in [4.69, 9.17) is 0 Å². The predicted octanol–water partition coefficient (Wildman–Crippen LogP) is 2.40. The van der Waals surface area contributed by atoms with Crippen molar-refractivity contribution >= 4 is 12.4 Å². The Balaban J connectivity index is 2.33. The van der Waals surface area contributed by atoms with Crippen LogP contribution in [0.25, 0.3) is 0 Å². The van der Waals surface area contributed by atoms with Gasteiger partial charge in [-0.25, -0.2) is 0 Å². The van der Waals surface area contributed by atoms with Gasteiger partial charge in [-0.3, -0.25) is 9.98 Å². The first-order chi connectivity index (χ1) is 15.4. The second-order valence-corrected chi connectivity index (χ2v) is 8.88. The van der Waals surface area contributed by atoms with E-state index < -0.39 is 0 Å². The summed E-state index contributed by atoms with van der Waals surface area (Å²) >= 11 is 0. The van der Waals surface area contributed by atoms with E-state index in [1.807, 2.05) is 19.1 Å². The molecule has 0 aliphatic heterocycles. The molecule has 0 aromatic heterocycles. The van der Waals surface area contributed by atoms with E-state index in [1.54, 1.807) is 12.4 Å². The van der Waals surface area contributed by atoms with Gasteiger partial charge >= 0.3 is 0 Å². The predicted molar refractivity (Wildman–Crippen MR) is 139 cm³/mol. The third-order valence-corrected chi connectivity index (χ3v) is 4.97. The van der Waals surface area contributed by atoms with Crippen molar-refractivity contribution in [3.63, 3.8) is 0 Å². The van der Waals surface area contributed by atoms with Crippen molar-refractivity contribution in [2.45, 2.75) is 32.6 Å². The van der Waals surface area contributed by atoms with Gasteiger partial charge in [-0.2, -0.15) is 0 Å². The van der Waals surface area contributed by atoms with Crippen molar-refractivity contribution < 1.29 is 5.11 Å². The average molecular weight is 447 g/mol. The fourth-order valence-electron chi connectivity index (χ4n) is 3.24. The summed E-state index contributed by atoms with van der Waals surface area (Å²) in [5.41, 5.74) is 2.61. The molecule has 182 valence electrons. The Morgan fingerprint density at radius 2 is 1.16 bits per heavy atom. The molecule has 0 saturated heterocycles. The summed E-state index contributed by atoms with van der Waals surface area (Å²) in [6, 6.07) is 3.93. The van der Waals surface area contributed by atoms with E-state index in [0.717, 1.165) is 94.7 Å². The van der Waals surface area contributed by atoms with Gasteiger partial charge in [-0.05, 0) is 118 Å². The number of phenolic OH excluding ortho intramolecular Hbond substituents is 1. The molecule has 0 atom stereocenters. The summed E-state index contributed by atoms with van der Waals surface area (Å²) < 4.78 is 0. The van der Waals surface area contributed by atoms with Gasteiger partial charge < -0.3 is 25.5 Å². The molecule has 0 fully saturated rings. The van der Waals surface area contributed by atoms with Gasteiger partial charge in [0.1, 0.15) is 5.75 Å². The molecule has 0 aliphatic carbocycles. The van der Waals surface area contributed by atoms with Crippen LogP contribution in [0.3, 0.4) is 0 Å². The van der Waals surface area contributed by atoms with E-state index in [1.165, 1.54) is 0 Å². The monoisotopic (exact) mass is 446 g/mol. The Hall–Kier alpha value is -1.80. The maximum atomic E-state index is 10.6. The van der Waals surface area contributed by atoms with E-state index in [0.29, 0.717) is 0 Å². The highest BCUT2D eigenvalue weighted by molar-refractivity contribution is 5.92. The summed E-state index contributed by atoms with van der Waals surface area (Å²) in [7, 11) is 8.39. The summed E-state index contributed by atoms with van der Waals surface area (Å²) in [6.07, 6.45) is 7.86. The SMILES string of the molecule is Cc1cc(C=NCCCNCCCN(C)C)c(O)c(C=NCCCNCCCN(C)C)c1. The van der Waals surface area contributed by atoms with E-state index in [9.17, 15) is 5.11 Å². The van der Waals surface area contributed by atoms with Crippen molar-refractivity contribution in [2.75, 3.05) is 80.5 Å². The van der Waals surface area contributed by atoms with Gasteiger partial charge in [0.25, 0.3) is 0 Å². The number of hydrogen-bond acceptors (Lipinski definition) is 7. The molecule has 0 unspecified atom stereocenters. The van der Waals surface area contributed by atoms with Crippen LogP contribution in [0.2, 0.25) is 0 Å². The highest BCUT2D eigenvalue weighted by Crippen LogP contribution is 2.22. The van der Waals surface area contributed by atoms with Crippen molar-refractivity contribution in [1.82, 2.24) is 20.4 Å². The lowest BCUT2D eigenvalue weighted by atomic mass is 10.1. The van der Waals surface area contributed by atoms with Gasteiger partial charge in [-0.15, -0.1) is 0 Å². The standard InChI is InChI=1S/C25H46N6O/c1-22-18-23(20-28-12-6-10-26-14-8-16-30(2)3)25(32)24(19-22)21-29-13-7-11-27-15-9-17-31(4)5/h18-21,26-27,32H,6-17H2,1-5H3. The van der Waals surface area contributed by atoms with Gasteiger partial charge in [-0.1, -0.05) is 0 Å². The van der Waals surface area contributed by atoms with Crippen LogP contribution in [0.4, 0.5) is 0 Å². The summed E-state index contributed by atoms with van der Waals surface area (Å²) in [6.45, 7) is 9.75. The molecule has 1 aromatic carbocycles. The van der Waals surface area contributed by atoms with E-state index in [2.05, 4.69) is 58.6 Å². The first-order valence-corrected chi connectivity index (χ1v) is 11.9. The van der Waals surface area contributed by atoms with E-state index >= 15 is 0 Å². The van der Waals surface area contributed by atoms with Gasteiger partial charge in [0.2, 0.25) is 0 Å². The molecule has 7 heteroatoms. The second-order valence-electron chi connectivity index (χ2n) is 8.88. The quantitative estimate of drug-likeness (QED) is 0.238. The molecule has 3 N–H and O–H groups in total. The molecule has 0 radical (unpaired) electrons. The molecule has 7 nitrogen and oxygen atoms in total. The minimum Gasteiger partial charge on any atom is -0.507 e. The molecular formula is C25H46N6O. The fourth-order valence-corrected chi connectivity index (χ4v) is 3.24. The van der Waals surface area contributed by atoms with Gasteiger partial charge in [0.05, 0.1) is 0 Å². The Morgan fingerprint density at radius 3 is 1.56 bits per heavy atom. The second kappa shape index (κ2) is 17.7. The maximum absolute atomic E-state index is 10.6. The van der Waals surface area contributed by atoms with Crippen LogP contribution >= 0.6 is 0 Å². The lowest BCUT2D eigenvalue weighted by Crippen LogP contribution is -2.22. The number of nitrogens with one attached hydrogen (secondary N) is 2. The van der Waals surface area contributed by atoms with Gasteiger partial charge in [0, 0.05) is 36.6 Å². The fraction of sp³-hybridized carbons (Fsp3) is 0.680. The van der Waals surface area contributed by atoms with Crippen molar-refractivity contribution in [2.24, 2.45) is 9.98 Å². The third-order valence-electron chi connectivity index (χ3n) is 4.97. The highest BCUT2D eigenvalue weighted by atomic mass is 16.3. The maximum Gasteiger partial charge on any atom is 0.133 e. The zero-order chi connectivity index (χ0) is 23.6. The largest absolute Gasteiger partial charge is 0.507 e. The summed E-state index contributed by atoms with van der Waals surface area (Å²) in [5, 5.41) is 17.5. The molecule has 1 aromatic rings. The Bertz CT molecular complexity index is 619. The number of aliphatic imine (C=N–C) groups is 2. The number of benzene rings is 1. The van der Waals surface area contributed by atoms with Crippen LogP contribution in [0.15, 0.2) is 22.1 Å². The third kappa shape index (κ3) is 14.3. The molecular weight excluding hydrogens is 400 g/mol. The number of aromatic hydroxyl groups is 1. The number of hydrogen-bond donors (Lipinski definition) is 3. The minimum atomic E-state index is 0.256. The molecule has 0 amide bonds. The zero-order valence-corrected chi connectivity index (χ0v) is 21.0. The Labute approximate surface area is 196 Å². The van der Waals surface area contributed by atoms with Crippen molar-refractivity contribution in [3.05, 3.63) is 28.8 Å². The molecule has 0 spiro atoms. The Kier molecular flexibility index (Phi) is 15.6. The first-order valence-electron chi connectivity index (χ1n) is 11.9. The highest BCUT2D eigenvalue weighted by Gasteiger charge is 2.05. The number of phenols is 1. The lowest BCUT2D eigenvalue weighted by Gasteiger charge is -2.09. The molecule has 32 heavy (non-hydrogen) atoms. The zero-order valence-electron chi connectivity index (χ0n) is 21.0. The number of nitrogens with zero attached hydrogens (tertiary/aromatic N) is 4. The lowest BCUT2D eigenvalue weighted by molar-refractivity contribution is 0.394. The molecule has 0 saturated carbocycles. The molecule has 0 heterocycles. The van der Waals surface area contributed by atoms with Crippen molar-refractivity contribution in [1.29, 1.82) is 0 Å². The normalized spacial score (nSPS) is 12.2. The average Bonchev–Trinajstić information content (AvgIpc) is 2.73. The van der Waals surface area contributed by atoms with E-state index in [-0.39, 0.29) is 5.75 Å². The molecule has 0 aliphatic rings. The Morgan fingerprint density at radius 1 is 0.750 bits per heavy atom. The first kappa shape index (κ1) is 28.2. The summed E-state index contributed by atoms with van der Waals surface area (Å²) in [4.78, 5) is 13.4. The van der Waals surface area contributed by atoms with Gasteiger partial charge in [0.15, 0.2) is 0 Å². The van der Waals surface area contributed by atoms with Crippen LogP contribution in [-0.2, 0) is 0 Å². The van der Waals surface area contributed by atoms with Crippen LogP contribution < -0.4 is 10.6 Å². The smallest absolute Gasteiger partial charge is 0.133 e. The molecule has 0 bridgehead atoms. The van der Waals surface area contributed by atoms with Crippen LogP contribution in [0, 0.1) is 6.92 Å². The summed E-state index contributed by atoms with van der Waals surface area (Å²) in [5.74, 6) is 0.256. The minimum absolute atomic E-state index is 0.256. The number of aryl methyl sites for hydroxylation is 1. The topological polar surface area (TPSA) is 75.5 Å². The van der Waals surface area contributed by atoms with Crippen LogP contribution in [0.1, 0.15) is 42.4 Å².